The monoisotopic (exact) mass is 417 g/mol. The summed E-state index contributed by atoms with van der Waals surface area (Å²) in [6, 6.07) is 17.8. The van der Waals surface area contributed by atoms with Crippen LogP contribution >= 0.6 is 0 Å². The molecule has 1 N–H and O–H groups in total. The Kier molecular flexibility index (Phi) is 7.41. The largest absolute Gasteiger partial charge is 0.385 e. The van der Waals surface area contributed by atoms with E-state index in [0.29, 0.717) is 29.8 Å². The molecule has 3 aromatic carbocycles. The number of allylic oxidation sites excluding steroid dienone is 1. The Labute approximate surface area is 184 Å². The Hall–Kier alpha value is -3.20. The Morgan fingerprint density at radius 3 is 2.52 bits per heavy atom. The predicted molar refractivity (Wildman–Crippen MR) is 127 cm³/mol. The van der Waals surface area contributed by atoms with E-state index in [1.54, 1.807) is 18.2 Å². The van der Waals surface area contributed by atoms with E-state index in [2.05, 4.69) is 56.9 Å². The Morgan fingerprint density at radius 1 is 1.00 bits per heavy atom. The fourth-order valence-corrected chi connectivity index (χ4v) is 3.71. The molecule has 0 aliphatic heterocycles. The molecule has 0 unspecified atom stereocenters. The van der Waals surface area contributed by atoms with Crippen molar-refractivity contribution in [1.82, 2.24) is 5.32 Å². The van der Waals surface area contributed by atoms with Crippen LogP contribution in [-0.4, -0.2) is 6.54 Å². The fourth-order valence-electron chi connectivity index (χ4n) is 3.71. The number of aryl methyl sites for hydroxylation is 2. The molecule has 0 bridgehead atoms. The van der Waals surface area contributed by atoms with Crippen LogP contribution in [0.2, 0.25) is 0 Å². The molecule has 0 radical (unpaired) electrons. The average molecular weight is 418 g/mol. The van der Waals surface area contributed by atoms with Gasteiger partial charge in [-0.15, -0.1) is 0 Å². The van der Waals surface area contributed by atoms with Crippen molar-refractivity contribution in [2.75, 3.05) is 6.54 Å². The second-order valence-electron chi connectivity index (χ2n) is 7.90. The Morgan fingerprint density at radius 2 is 1.81 bits per heavy atom. The summed E-state index contributed by atoms with van der Waals surface area (Å²) in [5, 5.41) is 3.32. The van der Waals surface area contributed by atoms with Crippen LogP contribution in [0.3, 0.4) is 0 Å². The summed E-state index contributed by atoms with van der Waals surface area (Å²) >= 11 is 0. The van der Waals surface area contributed by atoms with Gasteiger partial charge in [0.05, 0.1) is 0 Å². The molecule has 3 rings (SSSR count). The number of hydrogen-bond acceptors (Lipinski definition) is 1. The number of hydrogen-bond donors (Lipinski definition) is 1. The van der Waals surface area contributed by atoms with Gasteiger partial charge in [-0.3, -0.25) is 0 Å². The van der Waals surface area contributed by atoms with Crippen molar-refractivity contribution in [2.24, 2.45) is 0 Å². The van der Waals surface area contributed by atoms with E-state index < -0.39 is 0 Å². The van der Waals surface area contributed by atoms with Crippen LogP contribution in [0.15, 0.2) is 73.3 Å². The lowest BCUT2D eigenvalue weighted by Gasteiger charge is -2.15. The quantitative estimate of drug-likeness (QED) is 0.408. The van der Waals surface area contributed by atoms with Crippen LogP contribution in [0, 0.1) is 25.5 Å². The van der Waals surface area contributed by atoms with Crippen molar-refractivity contribution in [3.05, 3.63) is 118 Å². The average Bonchev–Trinajstić information content (AvgIpc) is 2.74. The third-order valence-electron chi connectivity index (χ3n) is 5.51. The normalized spacial score (nSPS) is 11.5. The van der Waals surface area contributed by atoms with Crippen LogP contribution in [0.25, 0.3) is 11.3 Å². The van der Waals surface area contributed by atoms with E-state index >= 15 is 0 Å². The first-order valence-electron chi connectivity index (χ1n) is 10.6. The van der Waals surface area contributed by atoms with Crippen LogP contribution in [0.4, 0.5) is 8.78 Å². The number of rotatable bonds is 8. The third-order valence-corrected chi connectivity index (χ3v) is 5.51. The van der Waals surface area contributed by atoms with Gasteiger partial charge in [-0.2, -0.15) is 0 Å². The van der Waals surface area contributed by atoms with Crippen molar-refractivity contribution in [1.29, 1.82) is 0 Å². The summed E-state index contributed by atoms with van der Waals surface area (Å²) in [5.41, 5.74) is 7.73. The molecule has 0 aromatic heterocycles. The zero-order chi connectivity index (χ0) is 22.4. The molecule has 0 fully saturated rings. The molecule has 1 nitrogen and oxygen atoms in total. The minimum Gasteiger partial charge on any atom is -0.385 e. The first kappa shape index (κ1) is 22.5. The van der Waals surface area contributed by atoms with Crippen molar-refractivity contribution < 1.29 is 8.78 Å². The smallest absolute Gasteiger partial charge is 0.127 e. The molecular weight excluding hydrogens is 388 g/mol. The molecule has 0 heterocycles. The van der Waals surface area contributed by atoms with Gasteiger partial charge < -0.3 is 5.32 Å². The van der Waals surface area contributed by atoms with Crippen molar-refractivity contribution >= 4 is 11.3 Å². The second-order valence-corrected chi connectivity index (χ2v) is 7.90. The SMILES string of the molecule is C=C(NCC/C(=C/C)c1cc(C)ccc1C)c1ccc(Cc2cccc(F)c2)c(F)c1. The van der Waals surface area contributed by atoms with Gasteiger partial charge in [0.2, 0.25) is 0 Å². The molecule has 0 saturated heterocycles. The van der Waals surface area contributed by atoms with E-state index in [1.165, 1.54) is 40.5 Å². The number of nitrogens with one attached hydrogen (secondary N) is 1. The van der Waals surface area contributed by atoms with E-state index in [9.17, 15) is 8.78 Å². The molecule has 160 valence electrons. The topological polar surface area (TPSA) is 12.0 Å². The molecule has 3 aromatic rings. The summed E-state index contributed by atoms with van der Waals surface area (Å²) in [6.07, 6.45) is 3.34. The second kappa shape index (κ2) is 10.2. The number of halogens is 2. The Balaban J connectivity index is 1.61. The lowest BCUT2D eigenvalue weighted by Crippen LogP contribution is -2.14. The van der Waals surface area contributed by atoms with E-state index in [-0.39, 0.29) is 11.6 Å². The van der Waals surface area contributed by atoms with E-state index in [0.717, 1.165) is 12.0 Å². The van der Waals surface area contributed by atoms with Crippen LogP contribution in [0.5, 0.6) is 0 Å². The van der Waals surface area contributed by atoms with Crippen molar-refractivity contribution in [2.45, 2.75) is 33.6 Å². The van der Waals surface area contributed by atoms with E-state index in [4.69, 9.17) is 0 Å². The summed E-state index contributed by atoms with van der Waals surface area (Å²) in [5.74, 6) is -0.622. The maximum atomic E-state index is 14.6. The molecule has 0 spiro atoms. The first-order valence-corrected chi connectivity index (χ1v) is 10.6. The fraction of sp³-hybridized carbons (Fsp3) is 0.214. The van der Waals surface area contributed by atoms with Gasteiger partial charge in [-0.05, 0) is 78.8 Å². The predicted octanol–water partition coefficient (Wildman–Crippen LogP) is 7.23. The van der Waals surface area contributed by atoms with Gasteiger partial charge in [-0.1, -0.05) is 60.7 Å². The molecule has 0 saturated carbocycles. The molecule has 0 aliphatic rings. The first-order chi connectivity index (χ1) is 14.9. The third kappa shape index (κ3) is 5.91. The molecule has 0 amide bonds. The minimum atomic E-state index is -0.312. The number of benzene rings is 3. The van der Waals surface area contributed by atoms with Gasteiger partial charge in [0.25, 0.3) is 0 Å². The van der Waals surface area contributed by atoms with Crippen LogP contribution < -0.4 is 5.32 Å². The summed E-state index contributed by atoms with van der Waals surface area (Å²) in [6.45, 7) is 11.1. The highest BCUT2D eigenvalue weighted by Gasteiger charge is 2.09. The van der Waals surface area contributed by atoms with Crippen LogP contribution in [-0.2, 0) is 6.42 Å². The van der Waals surface area contributed by atoms with E-state index in [1.807, 2.05) is 6.07 Å². The van der Waals surface area contributed by atoms with Crippen LogP contribution in [0.1, 0.15) is 46.7 Å². The molecule has 31 heavy (non-hydrogen) atoms. The lowest BCUT2D eigenvalue weighted by atomic mass is 9.96. The van der Waals surface area contributed by atoms with Crippen molar-refractivity contribution in [3.8, 4) is 0 Å². The highest BCUT2D eigenvalue weighted by Crippen LogP contribution is 2.24. The van der Waals surface area contributed by atoms with Gasteiger partial charge >= 0.3 is 0 Å². The van der Waals surface area contributed by atoms with Gasteiger partial charge in [0.1, 0.15) is 11.6 Å². The summed E-state index contributed by atoms with van der Waals surface area (Å²) in [7, 11) is 0. The summed E-state index contributed by atoms with van der Waals surface area (Å²) in [4.78, 5) is 0. The standard InChI is InChI=1S/C28H29F2N/c1-5-23(27-15-19(2)9-10-20(27)3)13-14-31-21(4)24-11-12-25(28(30)18-24)16-22-7-6-8-26(29)17-22/h5-12,15,17-18,31H,4,13-14,16H2,1-3H3/b23-5-. The molecule has 0 aliphatic carbocycles. The van der Waals surface area contributed by atoms with Gasteiger partial charge in [0.15, 0.2) is 0 Å². The zero-order valence-corrected chi connectivity index (χ0v) is 18.4. The lowest BCUT2D eigenvalue weighted by molar-refractivity contribution is 0.610. The minimum absolute atomic E-state index is 0.311. The summed E-state index contributed by atoms with van der Waals surface area (Å²) < 4.78 is 28.0. The zero-order valence-electron chi connectivity index (χ0n) is 18.4. The van der Waals surface area contributed by atoms with Gasteiger partial charge in [-0.25, -0.2) is 8.78 Å². The van der Waals surface area contributed by atoms with Crippen molar-refractivity contribution in [3.63, 3.8) is 0 Å². The molecule has 0 atom stereocenters. The highest BCUT2D eigenvalue weighted by atomic mass is 19.1. The molecular formula is C28H29F2N. The van der Waals surface area contributed by atoms with Gasteiger partial charge in [0, 0.05) is 18.7 Å². The maximum absolute atomic E-state index is 14.6. The maximum Gasteiger partial charge on any atom is 0.127 e. The highest BCUT2D eigenvalue weighted by molar-refractivity contribution is 5.69. The Bertz CT molecular complexity index is 1110. The molecule has 3 heteroatoms.